The fourth-order valence-electron chi connectivity index (χ4n) is 0.812. The quantitative estimate of drug-likeness (QED) is 0.648. The Morgan fingerprint density at radius 1 is 0.500 bits per heavy atom. The summed E-state index contributed by atoms with van der Waals surface area (Å²) < 4.78 is 17.9. The van der Waals surface area contributed by atoms with Crippen LogP contribution in [0.3, 0.4) is 0 Å². The molecule has 0 aromatic rings. The molecule has 1 radical (unpaired) electrons. The van der Waals surface area contributed by atoms with Gasteiger partial charge in [0.15, 0.2) is 0 Å². The molecule has 0 saturated carbocycles. The molecule has 97 valence electrons. The molecule has 0 aromatic heterocycles. The van der Waals surface area contributed by atoms with Crippen LogP contribution in [-0.2, 0) is 8.06 Å². The van der Waals surface area contributed by atoms with Gasteiger partial charge in [-0.3, -0.25) is 0 Å². The first-order valence-electron chi connectivity index (χ1n) is 5.72. The first kappa shape index (κ1) is 16.8. The maximum atomic E-state index is 5.96. The molecule has 0 atom stereocenters. The summed E-state index contributed by atoms with van der Waals surface area (Å²) in [6.45, 7) is 18.3. The van der Waals surface area contributed by atoms with Gasteiger partial charge in [0.2, 0.25) is 0 Å². The zero-order valence-corrected chi connectivity index (χ0v) is 16.1. The summed E-state index contributed by atoms with van der Waals surface area (Å²) in [7, 11) is 0. The maximum absolute atomic E-state index is 5.96. The molecule has 0 aliphatic heterocycles. The van der Waals surface area contributed by atoms with Gasteiger partial charge in [0.1, 0.15) is 0 Å². The molecular weight excluding hydrogens is 399 g/mol. The average Bonchev–Trinajstić information content (AvgIpc) is 1.70. The van der Waals surface area contributed by atoms with Gasteiger partial charge in [-0.25, -0.2) is 0 Å². The zero-order chi connectivity index (χ0) is 13.2. The summed E-state index contributed by atoms with van der Waals surface area (Å²) >= 11 is -2.89. The third-order valence-electron chi connectivity index (χ3n) is 1.17. The minimum atomic E-state index is -2.89. The predicted molar refractivity (Wildman–Crippen MR) is 68.3 cm³/mol. The van der Waals surface area contributed by atoms with Crippen molar-refractivity contribution in [3.8, 4) is 0 Å². The second kappa shape index (κ2) is 5.63. The average molecular weight is 427 g/mol. The van der Waals surface area contributed by atoms with E-state index in [1.807, 2.05) is 62.3 Å². The summed E-state index contributed by atoms with van der Waals surface area (Å²) in [5.74, 6) is 0. The molecule has 0 aliphatic rings. The van der Waals surface area contributed by atoms with E-state index in [1.165, 1.54) is 0 Å². The van der Waals surface area contributed by atoms with Crippen LogP contribution in [0, 0.1) is 0 Å². The van der Waals surface area contributed by atoms with Crippen molar-refractivity contribution < 1.29 is 8.06 Å². The molecule has 3 nitrogen and oxygen atoms in total. The molecule has 0 aliphatic carbocycles. The summed E-state index contributed by atoms with van der Waals surface area (Å²) in [4.78, 5) is 0. The predicted octanol–water partition coefficient (Wildman–Crippen LogP) is 3.42. The van der Waals surface area contributed by atoms with Crippen LogP contribution in [0.1, 0.15) is 62.3 Å². The Morgan fingerprint density at radius 3 is 0.812 bits per heavy atom. The van der Waals surface area contributed by atoms with E-state index in [-0.39, 0.29) is 16.8 Å². The van der Waals surface area contributed by atoms with Crippen molar-refractivity contribution in [1.82, 2.24) is 0 Å². The van der Waals surface area contributed by atoms with E-state index in [1.54, 1.807) is 0 Å². The Balaban J connectivity index is 4.53. The van der Waals surface area contributed by atoms with Crippen molar-refractivity contribution in [2.24, 2.45) is 0 Å². The van der Waals surface area contributed by atoms with E-state index in [9.17, 15) is 0 Å². The molecule has 0 N–H and O–H groups in total. The van der Waals surface area contributed by atoms with Crippen LogP contribution in [0.15, 0.2) is 0 Å². The van der Waals surface area contributed by atoms with Gasteiger partial charge in [-0.1, -0.05) is 0 Å². The summed E-state index contributed by atoms with van der Waals surface area (Å²) in [6, 6.07) is 0. The van der Waals surface area contributed by atoms with Gasteiger partial charge in [-0.15, -0.1) is 0 Å². The van der Waals surface area contributed by atoms with Crippen molar-refractivity contribution in [3.05, 3.63) is 0 Å². The Bertz CT molecular complexity index is 170. The first-order valence-corrected chi connectivity index (χ1v) is 10.5. The van der Waals surface area contributed by atoms with E-state index >= 15 is 0 Å². The van der Waals surface area contributed by atoms with Crippen molar-refractivity contribution in [3.63, 3.8) is 0 Å². The SMILES string of the molecule is CC(C)(C)[O][Pb]([O]C(C)(C)C)[O]C(C)(C)C. The Kier molecular flexibility index (Phi) is 5.91. The van der Waals surface area contributed by atoms with Crippen LogP contribution in [0.5, 0.6) is 0 Å². The molecule has 0 unspecified atom stereocenters. The molecule has 0 amide bonds. The fraction of sp³-hybridized carbons (Fsp3) is 1.00. The monoisotopic (exact) mass is 427 g/mol. The zero-order valence-electron chi connectivity index (χ0n) is 12.2. The topological polar surface area (TPSA) is 27.7 Å². The number of hydrogen-bond donors (Lipinski definition) is 0. The van der Waals surface area contributed by atoms with Crippen LogP contribution in [0.4, 0.5) is 0 Å². The molecule has 4 heteroatoms. The summed E-state index contributed by atoms with van der Waals surface area (Å²) in [5, 5.41) is 0. The van der Waals surface area contributed by atoms with Gasteiger partial charge in [0.25, 0.3) is 0 Å². The van der Waals surface area contributed by atoms with Gasteiger partial charge in [-0.05, 0) is 0 Å². The molecule has 0 bridgehead atoms. The number of hydrogen-bond acceptors (Lipinski definition) is 3. The Labute approximate surface area is 111 Å². The van der Waals surface area contributed by atoms with Gasteiger partial charge in [0, 0.05) is 0 Å². The van der Waals surface area contributed by atoms with Crippen LogP contribution < -0.4 is 0 Å². The minimum absolute atomic E-state index is 0.196. The van der Waals surface area contributed by atoms with Crippen LogP contribution in [0.25, 0.3) is 0 Å². The molecule has 0 aromatic carbocycles. The molecule has 0 rings (SSSR count). The fourth-order valence-corrected chi connectivity index (χ4v) is 7.13. The van der Waals surface area contributed by atoms with E-state index in [4.69, 9.17) is 8.06 Å². The molecule has 0 fully saturated rings. The second-order valence-electron chi connectivity index (χ2n) is 6.89. The van der Waals surface area contributed by atoms with Crippen LogP contribution in [0.2, 0.25) is 0 Å². The molecule has 16 heavy (non-hydrogen) atoms. The van der Waals surface area contributed by atoms with Gasteiger partial charge in [-0.2, -0.15) is 0 Å². The molecule has 0 saturated heterocycles. The van der Waals surface area contributed by atoms with Crippen LogP contribution >= 0.6 is 0 Å². The van der Waals surface area contributed by atoms with Gasteiger partial charge in [0.05, 0.1) is 0 Å². The molecule has 0 spiro atoms. The summed E-state index contributed by atoms with van der Waals surface area (Å²) in [6.07, 6.45) is 0. The Morgan fingerprint density at radius 2 is 0.688 bits per heavy atom. The number of rotatable bonds is 3. The third kappa shape index (κ3) is 11.3. The Hall–Kier alpha value is 0.802. The van der Waals surface area contributed by atoms with E-state index in [0.29, 0.717) is 0 Å². The normalized spacial score (nSPS) is 14.6. The molecule has 0 heterocycles. The van der Waals surface area contributed by atoms with Gasteiger partial charge >= 0.3 is 111 Å². The van der Waals surface area contributed by atoms with Crippen molar-refractivity contribution in [1.29, 1.82) is 0 Å². The van der Waals surface area contributed by atoms with Gasteiger partial charge < -0.3 is 0 Å². The van der Waals surface area contributed by atoms with E-state index in [2.05, 4.69) is 0 Å². The first-order chi connectivity index (χ1) is 6.79. The van der Waals surface area contributed by atoms with E-state index < -0.39 is 24.1 Å². The van der Waals surface area contributed by atoms with Crippen molar-refractivity contribution >= 4 is 24.1 Å². The summed E-state index contributed by atoms with van der Waals surface area (Å²) in [5.41, 5.74) is -0.588. The van der Waals surface area contributed by atoms with Crippen molar-refractivity contribution in [2.45, 2.75) is 79.1 Å². The third-order valence-corrected chi connectivity index (χ3v) is 10.3. The molecular formula is C12H27O3Pb. The van der Waals surface area contributed by atoms with Crippen molar-refractivity contribution in [2.75, 3.05) is 0 Å². The van der Waals surface area contributed by atoms with E-state index in [0.717, 1.165) is 0 Å². The van der Waals surface area contributed by atoms with Crippen LogP contribution in [-0.4, -0.2) is 40.9 Å². The standard InChI is InChI=1S/3C4H9O.Pb/c3*1-4(2,3)5;/h3*1-3H3;/q3*-1;+3. The second-order valence-corrected chi connectivity index (χ2v) is 11.2.